The highest BCUT2D eigenvalue weighted by Gasteiger charge is 2.39. The van der Waals surface area contributed by atoms with Gasteiger partial charge in [0.15, 0.2) is 5.96 Å². The number of thioether (sulfide) groups is 1. The van der Waals surface area contributed by atoms with Gasteiger partial charge in [0.1, 0.15) is 0 Å². The Morgan fingerprint density at radius 1 is 1.08 bits per heavy atom. The molecule has 0 saturated carbocycles. The Morgan fingerprint density at radius 3 is 2.31 bits per heavy atom. The van der Waals surface area contributed by atoms with Crippen LogP contribution in [-0.2, 0) is 0 Å². The average molecular weight is 384 g/mol. The van der Waals surface area contributed by atoms with E-state index in [1.807, 2.05) is 11.8 Å². The molecule has 0 aromatic heterocycles. The van der Waals surface area contributed by atoms with Gasteiger partial charge in [0.05, 0.1) is 6.54 Å². The van der Waals surface area contributed by atoms with E-state index in [2.05, 4.69) is 54.5 Å². The zero-order chi connectivity index (χ0) is 19.0. The van der Waals surface area contributed by atoms with Crippen molar-refractivity contribution >= 4 is 17.7 Å². The van der Waals surface area contributed by atoms with E-state index in [-0.39, 0.29) is 10.3 Å². The molecule has 2 fully saturated rings. The number of rotatable bonds is 7. The van der Waals surface area contributed by atoms with Gasteiger partial charge in [-0.3, -0.25) is 9.89 Å². The molecule has 2 aliphatic heterocycles. The second-order valence-electron chi connectivity index (χ2n) is 8.59. The molecular formula is C20H41N5S. The van der Waals surface area contributed by atoms with Gasteiger partial charge in [0.25, 0.3) is 0 Å². The van der Waals surface area contributed by atoms with E-state index in [9.17, 15) is 0 Å². The predicted molar refractivity (Wildman–Crippen MR) is 116 cm³/mol. The van der Waals surface area contributed by atoms with Crippen molar-refractivity contribution < 1.29 is 0 Å². The van der Waals surface area contributed by atoms with Crippen LogP contribution in [0.25, 0.3) is 0 Å². The third kappa shape index (κ3) is 6.31. The molecule has 0 atom stereocenters. The number of nitrogens with zero attached hydrogens (tertiary/aromatic N) is 3. The van der Waals surface area contributed by atoms with Crippen molar-refractivity contribution in [3.63, 3.8) is 0 Å². The maximum Gasteiger partial charge on any atom is 0.191 e. The smallest absolute Gasteiger partial charge is 0.191 e. The summed E-state index contributed by atoms with van der Waals surface area (Å²) in [6, 6.07) is 0. The topological polar surface area (TPSA) is 42.9 Å². The Bertz CT molecular complexity index is 437. The summed E-state index contributed by atoms with van der Waals surface area (Å²) in [5.74, 6) is 0.977. The van der Waals surface area contributed by atoms with E-state index >= 15 is 0 Å². The molecule has 0 bridgehead atoms. The quantitative estimate of drug-likeness (QED) is 0.523. The molecule has 0 aromatic carbocycles. The largest absolute Gasteiger partial charge is 0.357 e. The number of aliphatic imine (C=N–C) groups is 1. The van der Waals surface area contributed by atoms with Crippen LogP contribution >= 0.6 is 11.8 Å². The molecule has 5 nitrogen and oxygen atoms in total. The summed E-state index contributed by atoms with van der Waals surface area (Å²) < 4.78 is 0.181. The lowest BCUT2D eigenvalue weighted by molar-refractivity contribution is 0.0173. The number of likely N-dealkylation sites (tertiary alicyclic amines) is 2. The van der Waals surface area contributed by atoms with Gasteiger partial charge in [-0.2, -0.15) is 11.8 Å². The molecule has 0 unspecified atom stereocenters. The van der Waals surface area contributed by atoms with Crippen LogP contribution in [0.3, 0.4) is 0 Å². The fourth-order valence-electron chi connectivity index (χ4n) is 3.93. The molecule has 2 rings (SSSR count). The van der Waals surface area contributed by atoms with E-state index < -0.39 is 0 Å². The van der Waals surface area contributed by atoms with Crippen molar-refractivity contribution in [2.45, 2.75) is 63.2 Å². The van der Waals surface area contributed by atoms with Crippen molar-refractivity contribution in [3.05, 3.63) is 0 Å². The first-order valence-electron chi connectivity index (χ1n) is 10.4. The fraction of sp³-hybridized carbons (Fsp3) is 0.950. The van der Waals surface area contributed by atoms with Crippen molar-refractivity contribution in [2.75, 3.05) is 59.1 Å². The minimum absolute atomic E-state index is 0.181. The Balaban J connectivity index is 2.04. The summed E-state index contributed by atoms with van der Waals surface area (Å²) in [6.45, 7) is 14.3. The molecule has 0 aromatic rings. The Morgan fingerprint density at radius 2 is 1.73 bits per heavy atom. The number of piperidine rings is 2. The summed E-state index contributed by atoms with van der Waals surface area (Å²) >= 11 is 1.88. The third-order valence-electron chi connectivity index (χ3n) is 6.04. The number of hydrogen-bond donors (Lipinski definition) is 2. The Hall–Kier alpha value is -0.460. The summed E-state index contributed by atoms with van der Waals surface area (Å²) in [6.07, 6.45) is 8.78. The third-order valence-corrected chi connectivity index (χ3v) is 7.28. The van der Waals surface area contributed by atoms with Gasteiger partial charge in [0.2, 0.25) is 0 Å². The van der Waals surface area contributed by atoms with Crippen molar-refractivity contribution in [2.24, 2.45) is 4.99 Å². The van der Waals surface area contributed by atoms with Crippen LogP contribution in [0.1, 0.15) is 52.9 Å². The second-order valence-corrected chi connectivity index (χ2v) is 10.1. The molecule has 2 heterocycles. The van der Waals surface area contributed by atoms with Crippen LogP contribution in [0.5, 0.6) is 0 Å². The number of nitrogens with one attached hydrogen (secondary N) is 2. The van der Waals surface area contributed by atoms with Gasteiger partial charge in [-0.05, 0) is 85.9 Å². The predicted octanol–water partition coefficient (Wildman–Crippen LogP) is 2.63. The highest BCUT2D eigenvalue weighted by Crippen LogP contribution is 2.31. The highest BCUT2D eigenvalue weighted by molar-refractivity contribution is 7.99. The highest BCUT2D eigenvalue weighted by atomic mass is 32.2. The molecular weight excluding hydrogens is 342 g/mol. The van der Waals surface area contributed by atoms with Gasteiger partial charge in [0, 0.05) is 23.4 Å². The van der Waals surface area contributed by atoms with Gasteiger partial charge < -0.3 is 15.5 Å². The zero-order valence-electron chi connectivity index (χ0n) is 17.7. The number of guanidine groups is 1. The molecule has 0 aliphatic carbocycles. The second kappa shape index (κ2) is 10.2. The number of hydrogen-bond acceptors (Lipinski definition) is 4. The minimum atomic E-state index is 0.181. The lowest BCUT2D eigenvalue weighted by Crippen LogP contribution is -2.62. The SMILES string of the molecule is CCNC(=NCC(C)(C)SC)NCC1(N2CCCCC2)CCN(C)CC1. The average Bonchev–Trinajstić information content (AvgIpc) is 2.66. The molecule has 2 aliphatic rings. The van der Waals surface area contributed by atoms with Crippen LogP contribution in [0.15, 0.2) is 4.99 Å². The van der Waals surface area contributed by atoms with Gasteiger partial charge in [-0.25, -0.2) is 0 Å². The standard InChI is InChI=1S/C20H41N5S/c1-6-21-18(22-16-19(2,3)26-5)23-17-20(10-14-24(4)15-11-20)25-12-8-7-9-13-25/h6-17H2,1-5H3,(H2,21,22,23). The van der Waals surface area contributed by atoms with E-state index in [0.29, 0.717) is 0 Å². The van der Waals surface area contributed by atoms with E-state index in [0.717, 1.165) is 25.6 Å². The summed E-state index contributed by atoms with van der Waals surface area (Å²) in [7, 11) is 2.25. The van der Waals surface area contributed by atoms with Crippen LogP contribution < -0.4 is 10.6 Å². The lowest BCUT2D eigenvalue weighted by atomic mass is 9.84. The van der Waals surface area contributed by atoms with Crippen LogP contribution in [-0.4, -0.2) is 85.2 Å². The first kappa shape index (κ1) is 21.8. The minimum Gasteiger partial charge on any atom is -0.357 e. The molecule has 26 heavy (non-hydrogen) atoms. The normalized spacial score (nSPS) is 23.0. The Labute approximate surface area is 165 Å². The van der Waals surface area contributed by atoms with Gasteiger partial charge >= 0.3 is 0 Å². The van der Waals surface area contributed by atoms with Crippen LogP contribution in [0.4, 0.5) is 0 Å². The van der Waals surface area contributed by atoms with Gasteiger partial charge in [-0.1, -0.05) is 6.42 Å². The molecule has 0 radical (unpaired) electrons. The lowest BCUT2D eigenvalue weighted by Gasteiger charge is -2.50. The molecule has 2 N–H and O–H groups in total. The maximum atomic E-state index is 4.88. The summed E-state index contributed by atoms with van der Waals surface area (Å²) in [5, 5.41) is 7.16. The van der Waals surface area contributed by atoms with Gasteiger partial charge in [-0.15, -0.1) is 0 Å². The van der Waals surface area contributed by atoms with E-state index in [4.69, 9.17) is 4.99 Å². The Kier molecular flexibility index (Phi) is 8.55. The maximum absolute atomic E-state index is 4.88. The van der Waals surface area contributed by atoms with Crippen molar-refractivity contribution in [1.82, 2.24) is 20.4 Å². The van der Waals surface area contributed by atoms with E-state index in [1.54, 1.807) is 0 Å². The molecule has 2 saturated heterocycles. The zero-order valence-corrected chi connectivity index (χ0v) is 18.6. The molecule has 152 valence electrons. The molecule has 0 spiro atoms. The first-order valence-corrected chi connectivity index (χ1v) is 11.6. The summed E-state index contributed by atoms with van der Waals surface area (Å²) in [4.78, 5) is 10.1. The van der Waals surface area contributed by atoms with Crippen molar-refractivity contribution in [3.8, 4) is 0 Å². The monoisotopic (exact) mass is 383 g/mol. The van der Waals surface area contributed by atoms with Crippen LogP contribution in [0, 0.1) is 0 Å². The molecule has 0 amide bonds. The summed E-state index contributed by atoms with van der Waals surface area (Å²) in [5.41, 5.74) is 0.290. The fourth-order valence-corrected chi connectivity index (χ4v) is 4.13. The van der Waals surface area contributed by atoms with Crippen molar-refractivity contribution in [1.29, 1.82) is 0 Å². The van der Waals surface area contributed by atoms with Crippen LogP contribution in [0.2, 0.25) is 0 Å². The van der Waals surface area contributed by atoms with E-state index in [1.165, 1.54) is 58.3 Å². The molecule has 6 heteroatoms. The first-order chi connectivity index (χ1) is 12.4.